The number of esters is 1. The highest BCUT2D eigenvalue weighted by atomic mass is 19.1. The van der Waals surface area contributed by atoms with Gasteiger partial charge in [0, 0.05) is 25.6 Å². The first kappa shape index (κ1) is 23.7. The Bertz CT molecular complexity index is 947. The maximum absolute atomic E-state index is 14.4. The minimum absolute atomic E-state index is 0.0558. The molecule has 172 valence electrons. The van der Waals surface area contributed by atoms with Crippen LogP contribution in [0.1, 0.15) is 37.3 Å². The third-order valence-corrected chi connectivity index (χ3v) is 5.97. The quantitative estimate of drug-likeness (QED) is 0.568. The molecule has 3 rings (SSSR count). The number of amides is 1. The van der Waals surface area contributed by atoms with E-state index in [2.05, 4.69) is 0 Å². The van der Waals surface area contributed by atoms with Gasteiger partial charge in [-0.2, -0.15) is 0 Å². The van der Waals surface area contributed by atoms with Gasteiger partial charge in [0.05, 0.1) is 19.1 Å². The summed E-state index contributed by atoms with van der Waals surface area (Å²) in [5.41, 5.74) is 0.205. The van der Waals surface area contributed by atoms with Gasteiger partial charge in [0.15, 0.2) is 0 Å². The Labute approximate surface area is 187 Å². The molecule has 5 nitrogen and oxygen atoms in total. The summed E-state index contributed by atoms with van der Waals surface area (Å²) in [7, 11) is 1.60. The molecule has 1 heterocycles. The summed E-state index contributed by atoms with van der Waals surface area (Å²) in [4.78, 5) is 27.6. The SMILES string of the molecule is CCOC(=O)[C@@]1(Cc2ccc(F)cc2F)CCCN(C(=O)CCc2ccc(OC)cc2)C1. The number of methoxy groups -OCH3 is 1. The Balaban J connectivity index is 1.73. The van der Waals surface area contributed by atoms with Crippen LogP contribution in [0.5, 0.6) is 5.75 Å². The summed E-state index contributed by atoms with van der Waals surface area (Å²) < 4.78 is 38.2. The van der Waals surface area contributed by atoms with Crippen LogP contribution >= 0.6 is 0 Å². The molecule has 0 unspecified atom stereocenters. The van der Waals surface area contributed by atoms with Gasteiger partial charge in [0.25, 0.3) is 0 Å². The maximum Gasteiger partial charge on any atom is 0.314 e. The summed E-state index contributed by atoms with van der Waals surface area (Å²) in [5.74, 6) is -1.12. The largest absolute Gasteiger partial charge is 0.497 e. The van der Waals surface area contributed by atoms with Gasteiger partial charge in [-0.1, -0.05) is 18.2 Å². The van der Waals surface area contributed by atoms with E-state index in [1.807, 2.05) is 24.3 Å². The summed E-state index contributed by atoms with van der Waals surface area (Å²) in [6.07, 6.45) is 2.01. The Morgan fingerprint density at radius 2 is 1.88 bits per heavy atom. The first-order valence-corrected chi connectivity index (χ1v) is 10.9. The molecule has 1 atom stereocenters. The van der Waals surface area contributed by atoms with Gasteiger partial charge in [-0.25, -0.2) is 8.78 Å². The summed E-state index contributed by atoms with van der Waals surface area (Å²) in [6.45, 7) is 2.60. The normalized spacial score (nSPS) is 18.3. The standard InChI is InChI=1S/C25H29F2NO4/c1-3-32-24(30)25(16-19-8-9-20(26)15-22(19)27)13-4-14-28(17-25)23(29)12-7-18-5-10-21(31-2)11-6-18/h5-6,8-11,15H,3-4,7,12-14,16-17H2,1-2H3/t25-/m1/s1. The van der Waals surface area contributed by atoms with Crippen LogP contribution in [0.15, 0.2) is 42.5 Å². The predicted octanol–water partition coefficient (Wildman–Crippen LogP) is 4.32. The number of likely N-dealkylation sites (tertiary alicyclic amines) is 1. The molecular formula is C25H29F2NO4. The van der Waals surface area contributed by atoms with Crippen molar-refractivity contribution in [2.75, 3.05) is 26.8 Å². The lowest BCUT2D eigenvalue weighted by molar-refractivity contribution is -0.160. The number of hydrogen-bond donors (Lipinski definition) is 0. The van der Waals surface area contributed by atoms with Gasteiger partial charge < -0.3 is 14.4 Å². The molecule has 0 aliphatic carbocycles. The number of rotatable bonds is 8. The highest BCUT2D eigenvalue weighted by molar-refractivity contribution is 5.81. The van der Waals surface area contributed by atoms with Gasteiger partial charge in [0.1, 0.15) is 17.4 Å². The van der Waals surface area contributed by atoms with Gasteiger partial charge in [-0.15, -0.1) is 0 Å². The van der Waals surface area contributed by atoms with E-state index in [1.165, 1.54) is 12.1 Å². The summed E-state index contributed by atoms with van der Waals surface area (Å²) in [6, 6.07) is 10.9. The number of piperidine rings is 1. The van der Waals surface area contributed by atoms with Gasteiger partial charge in [-0.05, 0) is 61.9 Å². The zero-order chi connectivity index (χ0) is 23.1. The summed E-state index contributed by atoms with van der Waals surface area (Å²) >= 11 is 0. The van der Waals surface area contributed by atoms with E-state index in [9.17, 15) is 18.4 Å². The van der Waals surface area contributed by atoms with Crippen LogP contribution in [0.4, 0.5) is 8.78 Å². The van der Waals surface area contributed by atoms with E-state index in [1.54, 1.807) is 18.9 Å². The number of ether oxygens (including phenoxy) is 2. The van der Waals surface area contributed by atoms with Crippen molar-refractivity contribution in [3.05, 3.63) is 65.2 Å². The fourth-order valence-electron chi connectivity index (χ4n) is 4.24. The van der Waals surface area contributed by atoms with Crippen molar-refractivity contribution < 1.29 is 27.8 Å². The molecule has 0 saturated carbocycles. The average molecular weight is 446 g/mol. The Hall–Kier alpha value is -2.96. The van der Waals surface area contributed by atoms with Crippen molar-refractivity contribution in [2.45, 2.75) is 39.0 Å². The lowest BCUT2D eigenvalue weighted by atomic mass is 9.74. The molecule has 0 N–H and O–H groups in total. The van der Waals surface area contributed by atoms with Crippen molar-refractivity contribution in [3.8, 4) is 5.75 Å². The van der Waals surface area contributed by atoms with Crippen LogP contribution < -0.4 is 4.74 Å². The molecular weight excluding hydrogens is 416 g/mol. The molecule has 0 radical (unpaired) electrons. The number of halogens is 2. The van der Waals surface area contributed by atoms with E-state index >= 15 is 0 Å². The van der Waals surface area contributed by atoms with E-state index in [-0.39, 0.29) is 31.0 Å². The van der Waals surface area contributed by atoms with Crippen molar-refractivity contribution in [1.82, 2.24) is 4.90 Å². The van der Waals surface area contributed by atoms with Gasteiger partial charge >= 0.3 is 5.97 Å². The van der Waals surface area contributed by atoms with E-state index in [0.717, 1.165) is 17.4 Å². The fourth-order valence-corrected chi connectivity index (χ4v) is 4.24. The number of carbonyl (C=O) groups is 2. The minimum Gasteiger partial charge on any atom is -0.497 e. The first-order chi connectivity index (χ1) is 15.4. The third-order valence-electron chi connectivity index (χ3n) is 5.97. The van der Waals surface area contributed by atoms with Crippen LogP contribution in [0.2, 0.25) is 0 Å². The fraction of sp³-hybridized carbons (Fsp3) is 0.440. The van der Waals surface area contributed by atoms with Crippen molar-refractivity contribution in [1.29, 1.82) is 0 Å². The van der Waals surface area contributed by atoms with Crippen LogP contribution in [-0.2, 0) is 27.2 Å². The van der Waals surface area contributed by atoms with E-state index in [0.29, 0.717) is 32.2 Å². The zero-order valence-corrected chi connectivity index (χ0v) is 18.5. The van der Waals surface area contributed by atoms with Crippen LogP contribution in [-0.4, -0.2) is 43.6 Å². The monoisotopic (exact) mass is 445 g/mol. The lowest BCUT2D eigenvalue weighted by Crippen LogP contribution is -2.51. The Kier molecular flexibility index (Phi) is 7.83. The molecule has 1 aliphatic heterocycles. The number of benzene rings is 2. The molecule has 1 fully saturated rings. The maximum atomic E-state index is 14.4. The highest BCUT2D eigenvalue weighted by Gasteiger charge is 2.45. The van der Waals surface area contributed by atoms with Gasteiger partial charge in [0.2, 0.25) is 5.91 Å². The molecule has 32 heavy (non-hydrogen) atoms. The van der Waals surface area contributed by atoms with E-state index in [4.69, 9.17) is 9.47 Å². The minimum atomic E-state index is -1.05. The first-order valence-electron chi connectivity index (χ1n) is 10.9. The molecule has 7 heteroatoms. The Morgan fingerprint density at radius 1 is 1.12 bits per heavy atom. The van der Waals surface area contributed by atoms with Crippen LogP contribution in [0.3, 0.4) is 0 Å². The topological polar surface area (TPSA) is 55.8 Å². The number of carbonyl (C=O) groups excluding carboxylic acids is 2. The Morgan fingerprint density at radius 3 is 2.53 bits per heavy atom. The van der Waals surface area contributed by atoms with Gasteiger partial charge in [-0.3, -0.25) is 9.59 Å². The number of hydrogen-bond acceptors (Lipinski definition) is 4. The molecule has 1 saturated heterocycles. The second kappa shape index (κ2) is 10.6. The summed E-state index contributed by atoms with van der Waals surface area (Å²) in [5, 5.41) is 0. The second-order valence-electron chi connectivity index (χ2n) is 8.18. The zero-order valence-electron chi connectivity index (χ0n) is 18.5. The molecule has 0 aromatic heterocycles. The number of aryl methyl sites for hydroxylation is 1. The number of nitrogens with zero attached hydrogens (tertiary/aromatic N) is 1. The van der Waals surface area contributed by atoms with Crippen molar-refractivity contribution >= 4 is 11.9 Å². The highest BCUT2D eigenvalue weighted by Crippen LogP contribution is 2.36. The molecule has 0 spiro atoms. The van der Waals surface area contributed by atoms with Crippen LogP contribution in [0.25, 0.3) is 0 Å². The molecule has 0 bridgehead atoms. The molecule has 2 aromatic carbocycles. The van der Waals surface area contributed by atoms with E-state index < -0.39 is 23.0 Å². The molecule has 2 aromatic rings. The predicted molar refractivity (Wildman–Crippen MR) is 116 cm³/mol. The third kappa shape index (κ3) is 5.64. The second-order valence-corrected chi connectivity index (χ2v) is 8.18. The molecule has 1 amide bonds. The van der Waals surface area contributed by atoms with Crippen LogP contribution in [0, 0.1) is 17.0 Å². The lowest BCUT2D eigenvalue weighted by Gasteiger charge is -2.41. The smallest absolute Gasteiger partial charge is 0.314 e. The average Bonchev–Trinajstić information content (AvgIpc) is 2.80. The van der Waals surface area contributed by atoms with Crippen molar-refractivity contribution in [3.63, 3.8) is 0 Å². The van der Waals surface area contributed by atoms with Crippen molar-refractivity contribution in [2.24, 2.45) is 5.41 Å². The molecule has 1 aliphatic rings.